The van der Waals surface area contributed by atoms with Crippen molar-refractivity contribution >= 4 is 39.3 Å². The molecule has 2 aromatic rings. The number of fused-ring (bicyclic) bond motifs is 1. The van der Waals surface area contributed by atoms with Crippen molar-refractivity contribution in [2.24, 2.45) is 0 Å². The molecule has 0 aromatic carbocycles. The smallest absolute Gasteiger partial charge is 0.328 e. The lowest BCUT2D eigenvalue weighted by Gasteiger charge is -2.14. The first kappa shape index (κ1) is 14.5. The molecule has 20 heavy (non-hydrogen) atoms. The van der Waals surface area contributed by atoms with Gasteiger partial charge in [0.05, 0.1) is 12.5 Å². The maximum atomic E-state index is 11.5. The molecule has 0 saturated heterocycles. The summed E-state index contributed by atoms with van der Waals surface area (Å²) < 4.78 is 4.72. The summed E-state index contributed by atoms with van der Waals surface area (Å²) in [5, 5.41) is 9.11. The lowest BCUT2D eigenvalue weighted by Crippen LogP contribution is -2.27. The van der Waals surface area contributed by atoms with Gasteiger partial charge < -0.3 is 15.4 Å². The normalized spacial score (nSPS) is 12.2. The number of anilines is 2. The molecule has 2 rings (SSSR count). The van der Waals surface area contributed by atoms with Gasteiger partial charge in [0.25, 0.3) is 0 Å². The second kappa shape index (κ2) is 6.51. The molecule has 2 aromatic heterocycles. The maximum Gasteiger partial charge on any atom is 0.328 e. The molecule has 2 heterocycles. The molecule has 0 bridgehead atoms. The van der Waals surface area contributed by atoms with Gasteiger partial charge in [0, 0.05) is 6.54 Å². The molecule has 6 nitrogen and oxygen atoms in total. The Morgan fingerprint density at radius 1 is 1.50 bits per heavy atom. The Hall–Kier alpha value is -1.89. The van der Waals surface area contributed by atoms with Gasteiger partial charge in [0.1, 0.15) is 16.7 Å². The molecule has 1 unspecified atom stereocenters. The Morgan fingerprint density at radius 3 is 3.00 bits per heavy atom. The number of hydrogen-bond donors (Lipinski definition) is 2. The quantitative estimate of drug-likeness (QED) is 0.797. The van der Waals surface area contributed by atoms with E-state index < -0.39 is 6.04 Å². The van der Waals surface area contributed by atoms with Gasteiger partial charge in [0.15, 0.2) is 0 Å². The lowest BCUT2D eigenvalue weighted by atomic mass is 10.3. The monoisotopic (exact) mass is 294 g/mol. The molecule has 0 aliphatic rings. The van der Waals surface area contributed by atoms with E-state index >= 15 is 0 Å². The number of aromatic nitrogens is 2. The van der Waals surface area contributed by atoms with E-state index in [1.807, 2.05) is 11.4 Å². The van der Waals surface area contributed by atoms with Crippen LogP contribution in [0.2, 0.25) is 0 Å². The number of nitrogens with zero attached hydrogens (tertiary/aromatic N) is 2. The highest BCUT2D eigenvalue weighted by molar-refractivity contribution is 7.16. The molecule has 108 valence electrons. The highest BCUT2D eigenvalue weighted by Crippen LogP contribution is 2.26. The Morgan fingerprint density at radius 2 is 2.30 bits per heavy atom. The molecule has 0 aliphatic heterocycles. The van der Waals surface area contributed by atoms with Crippen LogP contribution in [0.3, 0.4) is 0 Å². The molecule has 7 heteroatoms. The summed E-state index contributed by atoms with van der Waals surface area (Å²) in [6, 6.07) is 1.48. The largest absolute Gasteiger partial charge is 0.467 e. The van der Waals surface area contributed by atoms with Crippen molar-refractivity contribution in [1.82, 2.24) is 9.97 Å². The highest BCUT2D eigenvalue weighted by atomic mass is 32.1. The third-order valence-electron chi connectivity index (χ3n) is 2.77. The zero-order chi connectivity index (χ0) is 14.5. The summed E-state index contributed by atoms with van der Waals surface area (Å²) in [7, 11) is 1.37. The maximum absolute atomic E-state index is 11.5. The van der Waals surface area contributed by atoms with Crippen LogP contribution in [0.1, 0.15) is 20.3 Å². The van der Waals surface area contributed by atoms with Crippen LogP contribution in [0, 0.1) is 0 Å². The molecule has 0 amide bonds. The topological polar surface area (TPSA) is 76.1 Å². The van der Waals surface area contributed by atoms with Crippen LogP contribution in [-0.4, -0.2) is 35.6 Å². The summed E-state index contributed by atoms with van der Waals surface area (Å²) >= 11 is 1.54. The van der Waals surface area contributed by atoms with E-state index in [4.69, 9.17) is 4.74 Å². The first-order valence-corrected chi connectivity index (χ1v) is 7.37. The first-order valence-electron chi connectivity index (χ1n) is 6.49. The Labute approximate surface area is 121 Å². The predicted octanol–water partition coefficient (Wildman–Crippen LogP) is 2.49. The molecule has 0 aliphatic carbocycles. The second-order valence-electron chi connectivity index (χ2n) is 4.35. The summed E-state index contributed by atoms with van der Waals surface area (Å²) in [5.74, 6) is 0.893. The van der Waals surface area contributed by atoms with Crippen LogP contribution in [0.4, 0.5) is 11.8 Å². The highest BCUT2D eigenvalue weighted by Gasteiger charge is 2.16. The van der Waals surface area contributed by atoms with Gasteiger partial charge in [0.2, 0.25) is 5.95 Å². The number of carbonyl (C=O) groups excluding carboxylic acids is 1. The number of esters is 1. The van der Waals surface area contributed by atoms with Crippen LogP contribution in [-0.2, 0) is 9.53 Å². The predicted molar refractivity (Wildman–Crippen MR) is 81.3 cm³/mol. The third kappa shape index (κ3) is 3.16. The molecule has 0 spiro atoms. The van der Waals surface area contributed by atoms with Crippen LogP contribution in [0.15, 0.2) is 11.4 Å². The second-order valence-corrected chi connectivity index (χ2v) is 5.25. The molecule has 1 atom stereocenters. The SMILES string of the molecule is CCCNc1nc(NC(C)C(=O)OC)c2ccsc2n1. The molecular weight excluding hydrogens is 276 g/mol. The molecular formula is C13H18N4O2S. The van der Waals surface area contributed by atoms with Gasteiger partial charge in [-0.2, -0.15) is 4.98 Å². The van der Waals surface area contributed by atoms with Gasteiger partial charge in [-0.15, -0.1) is 11.3 Å². The van der Waals surface area contributed by atoms with Crippen molar-refractivity contribution in [3.63, 3.8) is 0 Å². The first-order chi connectivity index (χ1) is 9.65. The minimum atomic E-state index is -0.461. The summed E-state index contributed by atoms with van der Waals surface area (Å²) in [4.78, 5) is 21.3. The molecule has 0 radical (unpaired) electrons. The fourth-order valence-corrected chi connectivity index (χ4v) is 2.49. The zero-order valence-electron chi connectivity index (χ0n) is 11.8. The number of rotatable bonds is 6. The van der Waals surface area contributed by atoms with E-state index in [0.717, 1.165) is 23.2 Å². The molecule has 0 fully saturated rings. The summed E-state index contributed by atoms with van der Waals surface area (Å²) in [5.41, 5.74) is 0. The Balaban J connectivity index is 2.29. The van der Waals surface area contributed by atoms with Crippen molar-refractivity contribution in [1.29, 1.82) is 0 Å². The average molecular weight is 294 g/mol. The minimum Gasteiger partial charge on any atom is -0.467 e. The third-order valence-corrected chi connectivity index (χ3v) is 3.57. The molecule has 0 saturated carbocycles. The van der Waals surface area contributed by atoms with Gasteiger partial charge in [-0.25, -0.2) is 9.78 Å². The van der Waals surface area contributed by atoms with Gasteiger partial charge >= 0.3 is 5.97 Å². The van der Waals surface area contributed by atoms with Crippen molar-refractivity contribution in [3.8, 4) is 0 Å². The lowest BCUT2D eigenvalue weighted by molar-refractivity contribution is -0.141. The summed E-state index contributed by atoms with van der Waals surface area (Å²) in [6.45, 7) is 4.63. The number of thiophene rings is 1. The van der Waals surface area contributed by atoms with Gasteiger partial charge in [-0.3, -0.25) is 0 Å². The van der Waals surface area contributed by atoms with Crippen LogP contribution >= 0.6 is 11.3 Å². The van der Waals surface area contributed by atoms with Gasteiger partial charge in [-0.1, -0.05) is 6.92 Å². The standard InChI is InChI=1S/C13H18N4O2S/c1-4-6-14-13-16-10(15-8(2)12(18)19-3)9-5-7-20-11(9)17-13/h5,7-8H,4,6H2,1-3H3,(H2,14,15,16,17). The van der Waals surface area contributed by atoms with E-state index in [2.05, 4.69) is 27.5 Å². The number of methoxy groups -OCH3 is 1. The fourth-order valence-electron chi connectivity index (χ4n) is 1.72. The Bertz CT molecular complexity index is 599. The van der Waals surface area contributed by atoms with Crippen molar-refractivity contribution in [3.05, 3.63) is 11.4 Å². The van der Waals surface area contributed by atoms with Gasteiger partial charge in [-0.05, 0) is 24.8 Å². The van der Waals surface area contributed by atoms with Crippen molar-refractivity contribution in [2.75, 3.05) is 24.3 Å². The zero-order valence-corrected chi connectivity index (χ0v) is 12.6. The van der Waals surface area contributed by atoms with Crippen LogP contribution in [0.25, 0.3) is 10.2 Å². The average Bonchev–Trinajstić information content (AvgIpc) is 2.92. The number of nitrogens with one attached hydrogen (secondary N) is 2. The van der Waals surface area contributed by atoms with Crippen molar-refractivity contribution in [2.45, 2.75) is 26.3 Å². The van der Waals surface area contributed by atoms with E-state index in [1.54, 1.807) is 18.3 Å². The number of ether oxygens (including phenoxy) is 1. The molecule has 2 N–H and O–H groups in total. The van der Waals surface area contributed by atoms with E-state index in [-0.39, 0.29) is 5.97 Å². The van der Waals surface area contributed by atoms with Crippen LogP contribution < -0.4 is 10.6 Å². The number of hydrogen-bond acceptors (Lipinski definition) is 7. The Kier molecular flexibility index (Phi) is 4.73. The number of carbonyl (C=O) groups is 1. The van der Waals surface area contributed by atoms with E-state index in [1.165, 1.54) is 7.11 Å². The van der Waals surface area contributed by atoms with Crippen molar-refractivity contribution < 1.29 is 9.53 Å². The van der Waals surface area contributed by atoms with E-state index in [0.29, 0.717) is 11.8 Å². The minimum absolute atomic E-state index is 0.324. The summed E-state index contributed by atoms with van der Waals surface area (Å²) in [6.07, 6.45) is 0.993. The van der Waals surface area contributed by atoms with E-state index in [9.17, 15) is 4.79 Å². The van der Waals surface area contributed by atoms with Crippen LogP contribution in [0.5, 0.6) is 0 Å². The fraction of sp³-hybridized carbons (Fsp3) is 0.462.